The van der Waals surface area contributed by atoms with Crippen molar-refractivity contribution in [1.29, 1.82) is 0 Å². The third kappa shape index (κ3) is 3.99. The first-order chi connectivity index (χ1) is 7.15. The summed E-state index contributed by atoms with van der Waals surface area (Å²) >= 11 is 3.40. The molecule has 1 N–H and O–H groups in total. The molecule has 1 aromatic heterocycles. The second kappa shape index (κ2) is 6.33. The molecule has 15 heavy (non-hydrogen) atoms. The van der Waals surface area contributed by atoms with Crippen LogP contribution in [0.15, 0.2) is 0 Å². The first-order valence-electron chi connectivity index (χ1n) is 5.31. The van der Waals surface area contributed by atoms with Crippen LogP contribution < -0.4 is 5.32 Å². The highest BCUT2D eigenvalue weighted by Gasteiger charge is 2.11. The zero-order valence-electron chi connectivity index (χ0n) is 9.78. The molecule has 1 heterocycles. The minimum Gasteiger partial charge on any atom is -0.374 e. The molecule has 1 aromatic rings. The fraction of sp³-hybridized carbons (Fsp3) is 0.800. The molecular weight excluding hydrogens is 226 g/mol. The third-order valence-electron chi connectivity index (χ3n) is 2.31. The predicted molar refractivity (Wildman–Crippen MR) is 69.7 cm³/mol. The van der Waals surface area contributed by atoms with E-state index in [1.165, 1.54) is 11.5 Å². The predicted octanol–water partition coefficient (Wildman–Crippen LogP) is 3.25. The smallest absolute Gasteiger partial charge is 0.134 e. The van der Waals surface area contributed by atoms with Crippen LogP contribution in [0, 0.1) is 5.92 Å². The summed E-state index contributed by atoms with van der Waals surface area (Å²) in [5, 5.41) is 9.23. The van der Waals surface area contributed by atoms with Crippen LogP contribution in [0.25, 0.3) is 0 Å². The van der Waals surface area contributed by atoms with Crippen molar-refractivity contribution in [3.05, 3.63) is 5.69 Å². The lowest BCUT2D eigenvalue weighted by atomic mass is 10.2. The Bertz CT molecular complexity index is 286. The molecule has 0 aliphatic carbocycles. The van der Waals surface area contributed by atoms with E-state index in [-0.39, 0.29) is 0 Å². The van der Waals surface area contributed by atoms with Crippen LogP contribution in [-0.2, 0) is 5.75 Å². The average Bonchev–Trinajstić information content (AvgIpc) is 2.62. The summed E-state index contributed by atoms with van der Waals surface area (Å²) in [5.74, 6) is 1.67. The number of nitrogens with zero attached hydrogens (tertiary/aromatic N) is 2. The number of nitrogens with one attached hydrogen (secondary N) is 1. The van der Waals surface area contributed by atoms with Gasteiger partial charge in [0, 0.05) is 29.1 Å². The highest BCUT2D eigenvalue weighted by molar-refractivity contribution is 7.99. The Balaban J connectivity index is 2.46. The minimum absolute atomic E-state index is 0.668. The van der Waals surface area contributed by atoms with Crippen molar-refractivity contribution in [2.75, 3.05) is 11.9 Å². The molecule has 1 unspecified atom stereocenters. The van der Waals surface area contributed by atoms with E-state index in [1.807, 2.05) is 11.8 Å². The van der Waals surface area contributed by atoms with Gasteiger partial charge in [-0.25, -0.2) is 0 Å². The first-order valence-corrected chi connectivity index (χ1v) is 7.14. The van der Waals surface area contributed by atoms with Crippen molar-refractivity contribution >= 4 is 28.3 Å². The summed E-state index contributed by atoms with van der Waals surface area (Å²) in [5.41, 5.74) is 1.10. The molecule has 0 fully saturated rings. The van der Waals surface area contributed by atoms with Crippen LogP contribution in [0.4, 0.5) is 5.00 Å². The highest BCUT2D eigenvalue weighted by Crippen LogP contribution is 2.27. The largest absolute Gasteiger partial charge is 0.374 e. The molecule has 1 rings (SSSR count). The summed E-state index contributed by atoms with van der Waals surface area (Å²) in [4.78, 5) is 0. The van der Waals surface area contributed by atoms with Gasteiger partial charge in [0.1, 0.15) is 10.7 Å². The summed E-state index contributed by atoms with van der Waals surface area (Å²) in [6.45, 7) is 9.79. The van der Waals surface area contributed by atoms with Gasteiger partial charge in [-0.2, -0.15) is 11.8 Å². The van der Waals surface area contributed by atoms with Gasteiger partial charge in [-0.15, -0.1) is 5.10 Å². The Morgan fingerprint density at radius 3 is 2.73 bits per heavy atom. The van der Waals surface area contributed by atoms with Gasteiger partial charge in [0.15, 0.2) is 0 Å². The standard InChI is InChI=1S/C10H19N3S2/c1-5-11-10-9(12-13-15-10)6-14-8(4)7(2)3/h7-8,11H,5-6H2,1-4H3. The van der Waals surface area contributed by atoms with E-state index in [9.17, 15) is 0 Å². The van der Waals surface area contributed by atoms with E-state index in [4.69, 9.17) is 0 Å². The van der Waals surface area contributed by atoms with Crippen LogP contribution >= 0.6 is 23.3 Å². The van der Waals surface area contributed by atoms with Crippen molar-refractivity contribution in [2.45, 2.75) is 38.7 Å². The lowest BCUT2D eigenvalue weighted by molar-refractivity contribution is 0.642. The maximum atomic E-state index is 4.15. The number of anilines is 1. The van der Waals surface area contributed by atoms with Crippen molar-refractivity contribution in [3.63, 3.8) is 0 Å². The van der Waals surface area contributed by atoms with Crippen molar-refractivity contribution in [2.24, 2.45) is 5.92 Å². The molecule has 0 saturated heterocycles. The topological polar surface area (TPSA) is 37.8 Å². The number of aromatic nitrogens is 2. The molecule has 0 bridgehead atoms. The van der Waals surface area contributed by atoms with E-state index in [0.717, 1.165) is 23.0 Å². The zero-order chi connectivity index (χ0) is 11.3. The molecule has 3 nitrogen and oxygen atoms in total. The molecule has 0 aliphatic heterocycles. The number of rotatable bonds is 6. The fourth-order valence-corrected chi connectivity index (χ4v) is 2.75. The van der Waals surface area contributed by atoms with Gasteiger partial charge in [0.2, 0.25) is 0 Å². The van der Waals surface area contributed by atoms with Gasteiger partial charge in [0.25, 0.3) is 0 Å². The van der Waals surface area contributed by atoms with E-state index in [2.05, 4.69) is 42.6 Å². The van der Waals surface area contributed by atoms with Gasteiger partial charge in [0.05, 0.1) is 0 Å². The van der Waals surface area contributed by atoms with Crippen molar-refractivity contribution in [3.8, 4) is 0 Å². The summed E-state index contributed by atoms with van der Waals surface area (Å²) in [7, 11) is 0. The number of thioether (sulfide) groups is 1. The van der Waals surface area contributed by atoms with Gasteiger partial charge in [-0.05, 0) is 12.8 Å². The molecule has 0 radical (unpaired) electrons. The molecule has 86 valence electrons. The molecule has 0 aromatic carbocycles. The molecular formula is C10H19N3S2. The molecule has 0 amide bonds. The van der Waals surface area contributed by atoms with E-state index in [1.54, 1.807) is 0 Å². The number of hydrogen-bond donors (Lipinski definition) is 1. The van der Waals surface area contributed by atoms with E-state index < -0.39 is 0 Å². The summed E-state index contributed by atoms with van der Waals surface area (Å²) in [6, 6.07) is 0. The van der Waals surface area contributed by atoms with Crippen LogP contribution in [0.1, 0.15) is 33.4 Å². The average molecular weight is 245 g/mol. The Kier molecular flexibility index (Phi) is 5.39. The molecule has 5 heteroatoms. The Morgan fingerprint density at radius 2 is 2.13 bits per heavy atom. The summed E-state index contributed by atoms with van der Waals surface area (Å²) < 4.78 is 3.98. The monoisotopic (exact) mass is 245 g/mol. The van der Waals surface area contributed by atoms with Crippen molar-refractivity contribution < 1.29 is 0 Å². The SMILES string of the molecule is CCNc1snnc1CSC(C)C(C)C. The van der Waals surface area contributed by atoms with Crippen LogP contribution in [0.5, 0.6) is 0 Å². The Morgan fingerprint density at radius 1 is 1.40 bits per heavy atom. The zero-order valence-corrected chi connectivity index (χ0v) is 11.4. The number of hydrogen-bond acceptors (Lipinski definition) is 5. The Hall–Kier alpha value is -0.290. The highest BCUT2D eigenvalue weighted by atomic mass is 32.2. The quantitative estimate of drug-likeness (QED) is 0.835. The van der Waals surface area contributed by atoms with Crippen LogP contribution in [-0.4, -0.2) is 21.4 Å². The molecule has 1 atom stereocenters. The molecule has 0 saturated carbocycles. The fourth-order valence-electron chi connectivity index (χ4n) is 1.00. The Labute approximate surface area is 100 Å². The normalized spacial score (nSPS) is 13.1. The van der Waals surface area contributed by atoms with Gasteiger partial charge >= 0.3 is 0 Å². The second-order valence-corrected chi connectivity index (χ2v) is 5.96. The van der Waals surface area contributed by atoms with E-state index >= 15 is 0 Å². The lowest BCUT2D eigenvalue weighted by Crippen LogP contribution is -2.06. The van der Waals surface area contributed by atoms with Gasteiger partial charge in [-0.1, -0.05) is 25.3 Å². The molecule has 0 spiro atoms. The van der Waals surface area contributed by atoms with Gasteiger partial charge in [-0.3, -0.25) is 0 Å². The summed E-state index contributed by atoms with van der Waals surface area (Å²) in [6.07, 6.45) is 0. The van der Waals surface area contributed by atoms with E-state index in [0.29, 0.717) is 11.2 Å². The van der Waals surface area contributed by atoms with Crippen LogP contribution in [0.3, 0.4) is 0 Å². The second-order valence-electron chi connectivity index (χ2n) is 3.84. The lowest BCUT2D eigenvalue weighted by Gasteiger charge is -2.14. The maximum absolute atomic E-state index is 4.15. The minimum atomic E-state index is 0.668. The maximum Gasteiger partial charge on any atom is 0.134 e. The van der Waals surface area contributed by atoms with Crippen molar-refractivity contribution in [1.82, 2.24) is 9.59 Å². The first kappa shape index (κ1) is 12.8. The molecule has 0 aliphatic rings. The van der Waals surface area contributed by atoms with Gasteiger partial charge < -0.3 is 5.32 Å². The van der Waals surface area contributed by atoms with Crippen LogP contribution in [0.2, 0.25) is 0 Å². The third-order valence-corrected chi connectivity index (χ3v) is 4.55.